The number of hydrogen-bond acceptors (Lipinski definition) is 2. The number of nitriles is 1. The lowest BCUT2D eigenvalue weighted by molar-refractivity contribution is 0.204. The molecule has 2 atom stereocenters. The molecule has 0 amide bonds. The molecule has 0 saturated heterocycles. The third-order valence-corrected chi connectivity index (χ3v) is 3.55. The molecule has 0 fully saturated rings. The largest absolute Gasteiger partial charge is 0.318 e. The lowest BCUT2D eigenvalue weighted by atomic mass is 9.85. The van der Waals surface area contributed by atoms with Gasteiger partial charge >= 0.3 is 0 Å². The van der Waals surface area contributed by atoms with E-state index in [9.17, 15) is 8.78 Å². The van der Waals surface area contributed by atoms with Crippen molar-refractivity contribution in [3.63, 3.8) is 0 Å². The fourth-order valence-electron chi connectivity index (χ4n) is 2.57. The first-order chi connectivity index (χ1) is 9.67. The van der Waals surface area contributed by atoms with Gasteiger partial charge in [0.1, 0.15) is 23.2 Å². The summed E-state index contributed by atoms with van der Waals surface area (Å²) in [4.78, 5) is 4.21. The van der Waals surface area contributed by atoms with Gasteiger partial charge in [-0.25, -0.2) is 13.8 Å². The first-order valence-corrected chi connectivity index (χ1v) is 6.17. The Hall–Kier alpha value is -2.48. The summed E-state index contributed by atoms with van der Waals surface area (Å²) < 4.78 is 29.6. The summed E-state index contributed by atoms with van der Waals surface area (Å²) >= 11 is 0. The van der Waals surface area contributed by atoms with Crippen molar-refractivity contribution in [1.82, 2.24) is 9.55 Å². The summed E-state index contributed by atoms with van der Waals surface area (Å²) in [6.07, 6.45) is 4.96. The molecule has 0 radical (unpaired) electrons. The Morgan fingerprint density at radius 2 is 2.30 bits per heavy atom. The van der Waals surface area contributed by atoms with E-state index in [0.29, 0.717) is 5.65 Å². The molecule has 2 unspecified atom stereocenters. The molecule has 2 heterocycles. The van der Waals surface area contributed by atoms with Crippen molar-refractivity contribution < 1.29 is 8.78 Å². The Bertz CT molecular complexity index is 754. The highest BCUT2D eigenvalue weighted by atomic mass is 19.1. The van der Waals surface area contributed by atoms with E-state index in [1.54, 1.807) is 29.1 Å². The maximum absolute atomic E-state index is 14.5. The van der Waals surface area contributed by atoms with Crippen LogP contribution in [0.25, 0.3) is 11.0 Å². The molecule has 0 aromatic carbocycles. The third kappa shape index (κ3) is 1.73. The van der Waals surface area contributed by atoms with E-state index in [2.05, 4.69) is 4.98 Å². The average Bonchev–Trinajstić information content (AvgIpc) is 2.87. The van der Waals surface area contributed by atoms with Gasteiger partial charge in [-0.1, -0.05) is 0 Å². The Morgan fingerprint density at radius 3 is 3.10 bits per heavy atom. The van der Waals surface area contributed by atoms with Gasteiger partial charge in [-0.15, -0.1) is 0 Å². The van der Waals surface area contributed by atoms with Crippen molar-refractivity contribution in [3.8, 4) is 6.07 Å². The molecule has 0 bridgehead atoms. The molecule has 1 aliphatic rings. The number of pyridine rings is 1. The Morgan fingerprint density at radius 1 is 1.45 bits per heavy atom. The molecule has 0 aliphatic heterocycles. The van der Waals surface area contributed by atoms with E-state index in [0.717, 1.165) is 23.6 Å². The zero-order valence-electron chi connectivity index (χ0n) is 10.5. The van der Waals surface area contributed by atoms with Crippen molar-refractivity contribution in [2.75, 3.05) is 0 Å². The van der Waals surface area contributed by atoms with Gasteiger partial charge in [0.15, 0.2) is 0 Å². The molecule has 20 heavy (non-hydrogen) atoms. The molecule has 1 aliphatic carbocycles. The standard InChI is InChI=1S/C15H11F2N3/c16-12-3-4-13(17)15(10-12,6-7-18)20-9-5-11-2-1-8-19-14(11)20/h1-5,8-10,13H,6H2. The summed E-state index contributed by atoms with van der Waals surface area (Å²) in [7, 11) is 0. The van der Waals surface area contributed by atoms with E-state index in [1.807, 2.05) is 12.1 Å². The Balaban J connectivity index is 2.26. The van der Waals surface area contributed by atoms with Crippen LogP contribution in [0.5, 0.6) is 0 Å². The monoisotopic (exact) mass is 271 g/mol. The van der Waals surface area contributed by atoms with Gasteiger partial charge in [-0.3, -0.25) is 0 Å². The molecule has 0 saturated carbocycles. The van der Waals surface area contributed by atoms with Crippen molar-refractivity contribution >= 4 is 11.0 Å². The molecule has 3 nitrogen and oxygen atoms in total. The summed E-state index contributed by atoms with van der Waals surface area (Å²) in [5, 5.41) is 9.85. The van der Waals surface area contributed by atoms with Gasteiger partial charge in [0.2, 0.25) is 0 Å². The molecule has 2 aromatic rings. The molecule has 3 rings (SSSR count). The predicted molar refractivity (Wildman–Crippen MR) is 71.2 cm³/mol. The van der Waals surface area contributed by atoms with Crippen molar-refractivity contribution in [2.45, 2.75) is 18.1 Å². The van der Waals surface area contributed by atoms with Crippen LogP contribution in [0.1, 0.15) is 6.42 Å². The van der Waals surface area contributed by atoms with Gasteiger partial charge in [0.25, 0.3) is 0 Å². The molecular formula is C15H11F2N3. The van der Waals surface area contributed by atoms with Crippen LogP contribution in [0, 0.1) is 11.3 Å². The van der Waals surface area contributed by atoms with Crippen LogP contribution in [-0.2, 0) is 5.54 Å². The maximum Gasteiger partial charge on any atom is 0.147 e. The smallest absolute Gasteiger partial charge is 0.147 e. The van der Waals surface area contributed by atoms with Gasteiger partial charge in [-0.05, 0) is 36.4 Å². The van der Waals surface area contributed by atoms with Gasteiger partial charge in [0, 0.05) is 17.8 Å². The van der Waals surface area contributed by atoms with E-state index in [4.69, 9.17) is 5.26 Å². The summed E-state index contributed by atoms with van der Waals surface area (Å²) in [6, 6.07) is 7.33. The van der Waals surface area contributed by atoms with Crippen molar-refractivity contribution in [2.24, 2.45) is 0 Å². The van der Waals surface area contributed by atoms with Crippen molar-refractivity contribution in [1.29, 1.82) is 5.26 Å². The molecule has 5 heteroatoms. The van der Waals surface area contributed by atoms with E-state index >= 15 is 0 Å². The fourth-order valence-corrected chi connectivity index (χ4v) is 2.57. The minimum Gasteiger partial charge on any atom is -0.318 e. The first kappa shape index (κ1) is 12.5. The number of nitrogens with zero attached hydrogens (tertiary/aromatic N) is 3. The molecule has 100 valence electrons. The van der Waals surface area contributed by atoms with Crippen LogP contribution in [-0.4, -0.2) is 15.7 Å². The summed E-state index contributed by atoms with van der Waals surface area (Å²) in [5.41, 5.74) is -0.853. The summed E-state index contributed by atoms with van der Waals surface area (Å²) in [5.74, 6) is -0.549. The second-order valence-corrected chi connectivity index (χ2v) is 4.72. The highest BCUT2D eigenvalue weighted by Gasteiger charge is 2.41. The average molecular weight is 271 g/mol. The van der Waals surface area contributed by atoms with E-state index in [1.165, 1.54) is 0 Å². The van der Waals surface area contributed by atoms with Crippen LogP contribution in [0.4, 0.5) is 8.78 Å². The quantitative estimate of drug-likeness (QED) is 0.840. The molecular weight excluding hydrogens is 260 g/mol. The molecule has 0 spiro atoms. The highest BCUT2D eigenvalue weighted by Crippen LogP contribution is 2.37. The number of rotatable bonds is 2. The minimum atomic E-state index is -1.49. The molecule has 0 N–H and O–H groups in total. The first-order valence-electron chi connectivity index (χ1n) is 6.17. The maximum atomic E-state index is 14.5. The second kappa shape index (κ2) is 4.57. The van der Waals surface area contributed by atoms with Crippen LogP contribution >= 0.6 is 0 Å². The second-order valence-electron chi connectivity index (χ2n) is 4.72. The third-order valence-electron chi connectivity index (χ3n) is 3.55. The zero-order chi connectivity index (χ0) is 14.2. The van der Waals surface area contributed by atoms with Gasteiger partial charge < -0.3 is 4.57 Å². The summed E-state index contributed by atoms with van der Waals surface area (Å²) in [6.45, 7) is 0. The normalized spacial score (nSPS) is 25.4. The van der Waals surface area contributed by atoms with Crippen LogP contribution in [0.2, 0.25) is 0 Å². The number of aromatic nitrogens is 2. The number of halogens is 2. The predicted octanol–water partition coefficient (Wildman–Crippen LogP) is 3.41. The Kier molecular flexibility index (Phi) is 2.87. The van der Waals surface area contributed by atoms with E-state index < -0.39 is 17.5 Å². The highest BCUT2D eigenvalue weighted by molar-refractivity contribution is 5.76. The van der Waals surface area contributed by atoms with Crippen molar-refractivity contribution in [3.05, 3.63) is 54.6 Å². The van der Waals surface area contributed by atoms with Gasteiger partial charge in [-0.2, -0.15) is 5.26 Å². The topological polar surface area (TPSA) is 41.6 Å². The lowest BCUT2D eigenvalue weighted by Gasteiger charge is -2.34. The minimum absolute atomic E-state index is 0.174. The van der Waals surface area contributed by atoms with Gasteiger partial charge in [0.05, 0.1) is 12.5 Å². The Labute approximate surface area is 114 Å². The van der Waals surface area contributed by atoms with E-state index in [-0.39, 0.29) is 6.42 Å². The van der Waals surface area contributed by atoms with Crippen LogP contribution < -0.4 is 0 Å². The number of alkyl halides is 1. The number of fused-ring (bicyclic) bond motifs is 1. The fraction of sp³-hybridized carbons (Fsp3) is 0.200. The molecule has 2 aromatic heterocycles. The lowest BCUT2D eigenvalue weighted by Crippen LogP contribution is -2.41. The van der Waals surface area contributed by atoms with Crippen LogP contribution in [0.3, 0.4) is 0 Å². The van der Waals surface area contributed by atoms with Crippen LogP contribution in [0.15, 0.2) is 54.6 Å². The SMILES string of the molecule is N#CCC1(n2ccc3cccnc32)C=C(F)C=CC1F. The number of hydrogen-bond donors (Lipinski definition) is 0. The number of allylic oxidation sites excluding steroid dienone is 4. The zero-order valence-corrected chi connectivity index (χ0v) is 10.5.